The van der Waals surface area contributed by atoms with E-state index in [1.165, 1.54) is 21.3 Å². The topological polar surface area (TPSA) is 56.8 Å². The fraction of sp³-hybridized carbons (Fsp3) is 0.417. The summed E-state index contributed by atoms with van der Waals surface area (Å²) in [6, 6.07) is 3.12. The largest absolute Gasteiger partial charge is 0.496 e. The Labute approximate surface area is 109 Å². The van der Waals surface area contributed by atoms with Crippen molar-refractivity contribution in [3.8, 4) is 17.2 Å². The molecule has 0 aromatic heterocycles. The van der Waals surface area contributed by atoms with Gasteiger partial charge < -0.3 is 19.5 Å². The molecule has 0 saturated carbocycles. The minimum Gasteiger partial charge on any atom is -0.496 e. The van der Waals surface area contributed by atoms with Crippen molar-refractivity contribution < 1.29 is 27.8 Å². The molecule has 0 bridgehead atoms. The molecular weight excluding hydrogens is 260 g/mol. The van der Waals surface area contributed by atoms with Gasteiger partial charge in [0.2, 0.25) is 0 Å². The number of nitrogens with one attached hydrogen (secondary N) is 1. The van der Waals surface area contributed by atoms with E-state index in [-0.39, 0.29) is 6.54 Å². The zero-order valence-electron chi connectivity index (χ0n) is 10.8. The molecule has 0 aliphatic rings. The molecule has 1 rings (SSSR count). The van der Waals surface area contributed by atoms with Gasteiger partial charge in [-0.15, -0.1) is 0 Å². The van der Waals surface area contributed by atoms with E-state index in [9.17, 15) is 13.6 Å². The van der Waals surface area contributed by atoms with Gasteiger partial charge in [0.1, 0.15) is 5.75 Å². The number of ether oxygens (including phenoxy) is 3. The molecule has 0 aliphatic heterocycles. The first-order valence-corrected chi connectivity index (χ1v) is 5.38. The Kier molecular flexibility index (Phi) is 5.35. The first kappa shape index (κ1) is 15.0. The summed E-state index contributed by atoms with van der Waals surface area (Å²) in [7, 11) is 4.35. The van der Waals surface area contributed by atoms with E-state index in [2.05, 4.69) is 5.32 Å². The van der Waals surface area contributed by atoms with E-state index < -0.39 is 12.3 Å². The Bertz CT molecular complexity index is 452. The zero-order valence-corrected chi connectivity index (χ0v) is 10.8. The molecule has 1 amide bonds. The second-order valence-electron chi connectivity index (χ2n) is 3.54. The highest BCUT2D eigenvalue weighted by atomic mass is 19.3. The molecule has 0 atom stereocenters. The van der Waals surface area contributed by atoms with E-state index in [4.69, 9.17) is 14.2 Å². The van der Waals surface area contributed by atoms with Gasteiger partial charge in [0.05, 0.1) is 21.3 Å². The van der Waals surface area contributed by atoms with Gasteiger partial charge in [-0.2, -0.15) is 8.78 Å². The summed E-state index contributed by atoms with van der Waals surface area (Å²) in [6.45, 7) is -0.0906. The highest BCUT2D eigenvalue weighted by Gasteiger charge is 2.17. The molecular formula is C12H15F2NO4. The fourth-order valence-corrected chi connectivity index (χ4v) is 1.49. The summed E-state index contributed by atoms with van der Waals surface area (Å²) in [5.41, 5.74) is 0.508. The van der Waals surface area contributed by atoms with Crippen molar-refractivity contribution >= 4 is 5.91 Å². The third-order valence-electron chi connectivity index (χ3n) is 2.44. The quantitative estimate of drug-likeness (QED) is 0.856. The van der Waals surface area contributed by atoms with Gasteiger partial charge in [-0.1, -0.05) is 0 Å². The average molecular weight is 275 g/mol. The first-order valence-electron chi connectivity index (χ1n) is 5.38. The highest BCUT2D eigenvalue weighted by molar-refractivity contribution is 5.79. The summed E-state index contributed by atoms with van der Waals surface area (Å²) in [4.78, 5) is 10.8. The lowest BCUT2D eigenvalue weighted by Gasteiger charge is -2.14. The van der Waals surface area contributed by atoms with Crippen LogP contribution in [0.4, 0.5) is 8.78 Å². The lowest BCUT2D eigenvalue weighted by molar-refractivity contribution is -0.131. The average Bonchev–Trinajstić information content (AvgIpc) is 2.43. The van der Waals surface area contributed by atoms with Crippen molar-refractivity contribution in [2.24, 2.45) is 0 Å². The van der Waals surface area contributed by atoms with Gasteiger partial charge in [-0.25, -0.2) is 0 Å². The monoisotopic (exact) mass is 275 g/mol. The molecule has 0 unspecified atom stereocenters. The number of alkyl halides is 2. The Balaban J connectivity index is 2.95. The summed E-state index contributed by atoms with van der Waals surface area (Å²) >= 11 is 0. The Hall–Kier alpha value is -2.05. The lowest BCUT2D eigenvalue weighted by atomic mass is 10.1. The minimum atomic E-state index is -3.05. The molecule has 1 N–H and O–H groups in total. The standard InChI is InChI=1S/C12H15F2NO4/c1-17-8-5-10(19-3)9(18-2)4-7(8)6-15-12(16)11(13)14/h4-5,11H,6H2,1-3H3,(H,15,16). The number of carbonyl (C=O) groups excluding carboxylic acids is 1. The third-order valence-corrected chi connectivity index (χ3v) is 2.44. The molecule has 0 saturated heterocycles. The number of halogens is 2. The van der Waals surface area contributed by atoms with Gasteiger partial charge in [0.25, 0.3) is 5.91 Å². The van der Waals surface area contributed by atoms with Crippen LogP contribution in [0, 0.1) is 0 Å². The summed E-state index contributed by atoms with van der Waals surface area (Å²) in [5.74, 6) is -0.0584. The van der Waals surface area contributed by atoms with Crippen LogP contribution in [0.5, 0.6) is 17.2 Å². The van der Waals surface area contributed by atoms with E-state index >= 15 is 0 Å². The SMILES string of the molecule is COc1cc(OC)c(OC)cc1CNC(=O)C(F)F. The molecule has 1 aromatic carbocycles. The molecule has 19 heavy (non-hydrogen) atoms. The molecule has 0 fully saturated rings. The van der Waals surface area contributed by atoms with Gasteiger partial charge in [-0.3, -0.25) is 4.79 Å². The number of benzene rings is 1. The molecule has 0 spiro atoms. The number of amides is 1. The van der Waals surface area contributed by atoms with Crippen molar-refractivity contribution in [3.63, 3.8) is 0 Å². The lowest BCUT2D eigenvalue weighted by Crippen LogP contribution is -2.29. The molecule has 7 heteroatoms. The number of methoxy groups -OCH3 is 3. The maximum absolute atomic E-state index is 12.1. The highest BCUT2D eigenvalue weighted by Crippen LogP contribution is 2.34. The van der Waals surface area contributed by atoms with Crippen LogP contribution in [0.3, 0.4) is 0 Å². The minimum absolute atomic E-state index is 0.0906. The van der Waals surface area contributed by atoms with Crippen LogP contribution in [-0.4, -0.2) is 33.7 Å². The van der Waals surface area contributed by atoms with E-state index in [0.29, 0.717) is 22.8 Å². The first-order chi connectivity index (χ1) is 9.03. The van der Waals surface area contributed by atoms with E-state index in [1.54, 1.807) is 12.1 Å². The number of hydrogen-bond acceptors (Lipinski definition) is 4. The number of rotatable bonds is 6. The number of carbonyl (C=O) groups is 1. The fourth-order valence-electron chi connectivity index (χ4n) is 1.49. The molecule has 0 heterocycles. The van der Waals surface area contributed by atoms with Crippen LogP contribution in [0.15, 0.2) is 12.1 Å². The second kappa shape index (κ2) is 6.77. The van der Waals surface area contributed by atoms with Gasteiger partial charge in [0.15, 0.2) is 11.5 Å². The number of hydrogen-bond donors (Lipinski definition) is 1. The normalized spacial score (nSPS) is 10.2. The van der Waals surface area contributed by atoms with Crippen molar-refractivity contribution in [2.45, 2.75) is 13.0 Å². The predicted octanol–water partition coefficient (Wildman–Crippen LogP) is 1.59. The molecule has 0 aliphatic carbocycles. The van der Waals surface area contributed by atoms with Gasteiger partial charge in [-0.05, 0) is 6.07 Å². The van der Waals surface area contributed by atoms with Crippen LogP contribution in [0.2, 0.25) is 0 Å². The van der Waals surface area contributed by atoms with Crippen LogP contribution in [0.1, 0.15) is 5.56 Å². The Morgan fingerprint density at radius 1 is 1.11 bits per heavy atom. The van der Waals surface area contributed by atoms with Gasteiger partial charge in [0, 0.05) is 18.2 Å². The van der Waals surface area contributed by atoms with Crippen molar-refractivity contribution in [1.29, 1.82) is 0 Å². The smallest absolute Gasteiger partial charge is 0.315 e. The zero-order chi connectivity index (χ0) is 14.4. The molecule has 106 valence electrons. The van der Waals surface area contributed by atoms with Crippen molar-refractivity contribution in [3.05, 3.63) is 17.7 Å². The Morgan fingerprint density at radius 2 is 1.63 bits per heavy atom. The van der Waals surface area contributed by atoms with E-state index in [1.807, 2.05) is 0 Å². The maximum atomic E-state index is 12.1. The summed E-state index contributed by atoms with van der Waals surface area (Å²) < 4.78 is 39.5. The van der Waals surface area contributed by atoms with Crippen LogP contribution in [-0.2, 0) is 11.3 Å². The van der Waals surface area contributed by atoms with Crippen LogP contribution < -0.4 is 19.5 Å². The van der Waals surface area contributed by atoms with Crippen molar-refractivity contribution in [1.82, 2.24) is 5.32 Å². The third kappa shape index (κ3) is 3.70. The summed E-state index contributed by atoms with van der Waals surface area (Å²) in [5, 5.41) is 2.10. The molecule has 0 radical (unpaired) electrons. The van der Waals surface area contributed by atoms with E-state index in [0.717, 1.165) is 0 Å². The van der Waals surface area contributed by atoms with Crippen molar-refractivity contribution in [2.75, 3.05) is 21.3 Å². The summed E-state index contributed by atoms with van der Waals surface area (Å²) in [6.07, 6.45) is -3.05. The second-order valence-corrected chi connectivity index (χ2v) is 3.54. The van der Waals surface area contributed by atoms with Gasteiger partial charge >= 0.3 is 6.43 Å². The molecule has 1 aromatic rings. The van der Waals surface area contributed by atoms with Crippen LogP contribution in [0.25, 0.3) is 0 Å². The molecule has 5 nitrogen and oxygen atoms in total. The van der Waals surface area contributed by atoms with Crippen LogP contribution >= 0.6 is 0 Å². The predicted molar refractivity (Wildman–Crippen MR) is 63.9 cm³/mol. The Morgan fingerprint density at radius 3 is 2.11 bits per heavy atom. The maximum Gasteiger partial charge on any atom is 0.315 e.